The molecule has 0 saturated carbocycles. The van der Waals surface area contributed by atoms with E-state index >= 15 is 0 Å². The van der Waals surface area contributed by atoms with Gasteiger partial charge in [0.05, 0.1) is 0 Å². The van der Waals surface area contributed by atoms with Crippen molar-refractivity contribution in [1.82, 2.24) is 9.55 Å². The minimum atomic E-state index is -0.205. The summed E-state index contributed by atoms with van der Waals surface area (Å²) in [5.74, 6) is 1.21. The van der Waals surface area contributed by atoms with Crippen molar-refractivity contribution in [3.05, 3.63) is 22.7 Å². The van der Waals surface area contributed by atoms with Crippen LogP contribution in [0.4, 0.5) is 5.82 Å². The van der Waals surface area contributed by atoms with Crippen LogP contribution in [0.1, 0.15) is 27.2 Å². The summed E-state index contributed by atoms with van der Waals surface area (Å²) in [7, 11) is 0. The highest BCUT2D eigenvalue weighted by molar-refractivity contribution is 9.09. The Balaban J connectivity index is 2.33. The van der Waals surface area contributed by atoms with Gasteiger partial charge in [0, 0.05) is 36.4 Å². The van der Waals surface area contributed by atoms with E-state index < -0.39 is 0 Å². The first kappa shape index (κ1) is 13.6. The van der Waals surface area contributed by atoms with E-state index in [1.165, 1.54) is 0 Å². The lowest BCUT2D eigenvalue weighted by molar-refractivity contribution is 0.382. The van der Waals surface area contributed by atoms with Crippen LogP contribution in [-0.2, 0) is 5.54 Å². The number of rotatable bonds is 2. The molecule has 18 heavy (non-hydrogen) atoms. The number of halogens is 1. The highest BCUT2D eigenvalue weighted by Crippen LogP contribution is 2.21. The molecule has 1 aromatic heterocycles. The molecule has 4 nitrogen and oxygen atoms in total. The molecule has 0 spiro atoms. The summed E-state index contributed by atoms with van der Waals surface area (Å²) < 4.78 is 1.76. The van der Waals surface area contributed by atoms with Crippen molar-refractivity contribution < 1.29 is 0 Å². The number of hydrogen-bond donors (Lipinski definition) is 0. The highest BCUT2D eigenvalue weighted by Gasteiger charge is 2.26. The van der Waals surface area contributed by atoms with Crippen LogP contribution >= 0.6 is 15.9 Å². The number of hydrogen-bond acceptors (Lipinski definition) is 3. The van der Waals surface area contributed by atoms with Gasteiger partial charge in [-0.05, 0) is 33.1 Å². The fourth-order valence-corrected chi connectivity index (χ4v) is 2.83. The van der Waals surface area contributed by atoms with Gasteiger partial charge in [0.25, 0.3) is 5.56 Å². The Morgan fingerprint density at radius 1 is 1.50 bits per heavy atom. The molecular weight excluding hydrogens is 294 g/mol. The lowest BCUT2D eigenvalue weighted by Gasteiger charge is -2.24. The Labute approximate surface area is 116 Å². The molecule has 0 aliphatic carbocycles. The predicted molar refractivity (Wildman–Crippen MR) is 77.6 cm³/mol. The molecule has 1 unspecified atom stereocenters. The van der Waals surface area contributed by atoms with Crippen molar-refractivity contribution in [1.29, 1.82) is 0 Å². The third-order valence-corrected chi connectivity index (χ3v) is 4.26. The van der Waals surface area contributed by atoms with Gasteiger partial charge in [-0.3, -0.25) is 4.79 Å². The minimum Gasteiger partial charge on any atom is -0.352 e. The fourth-order valence-electron chi connectivity index (χ4n) is 2.30. The van der Waals surface area contributed by atoms with Crippen LogP contribution in [0, 0.1) is 5.92 Å². The predicted octanol–water partition coefficient (Wildman–Crippen LogP) is 2.22. The second-order valence-corrected chi connectivity index (χ2v) is 6.50. The van der Waals surface area contributed by atoms with E-state index in [-0.39, 0.29) is 11.1 Å². The lowest BCUT2D eigenvalue weighted by Crippen LogP contribution is -2.38. The summed E-state index contributed by atoms with van der Waals surface area (Å²) in [5.41, 5.74) is -0.191. The molecular formula is C13H20BrN3O. The summed E-state index contributed by atoms with van der Waals surface area (Å²) in [4.78, 5) is 18.8. The monoisotopic (exact) mass is 313 g/mol. The van der Waals surface area contributed by atoms with Crippen LogP contribution in [0.2, 0.25) is 0 Å². The fraction of sp³-hybridized carbons (Fsp3) is 0.692. The van der Waals surface area contributed by atoms with Crippen molar-refractivity contribution in [2.75, 3.05) is 23.3 Å². The molecule has 1 aromatic rings. The van der Waals surface area contributed by atoms with Crippen molar-refractivity contribution in [3.63, 3.8) is 0 Å². The zero-order chi connectivity index (χ0) is 13.3. The topological polar surface area (TPSA) is 38.1 Å². The molecule has 5 heteroatoms. The van der Waals surface area contributed by atoms with E-state index in [1.807, 2.05) is 20.8 Å². The quantitative estimate of drug-likeness (QED) is 0.786. The molecule has 1 saturated heterocycles. The van der Waals surface area contributed by atoms with Crippen molar-refractivity contribution in [3.8, 4) is 0 Å². The van der Waals surface area contributed by atoms with Gasteiger partial charge in [0.2, 0.25) is 0 Å². The Morgan fingerprint density at radius 2 is 2.22 bits per heavy atom. The first-order valence-electron chi connectivity index (χ1n) is 6.32. The number of anilines is 1. The maximum atomic E-state index is 12.4. The van der Waals surface area contributed by atoms with Gasteiger partial charge in [-0.15, -0.1) is 0 Å². The van der Waals surface area contributed by atoms with E-state index in [0.717, 1.165) is 24.8 Å². The average molecular weight is 314 g/mol. The first-order valence-corrected chi connectivity index (χ1v) is 7.44. The molecule has 0 bridgehead atoms. The van der Waals surface area contributed by atoms with E-state index in [4.69, 9.17) is 0 Å². The van der Waals surface area contributed by atoms with Crippen molar-refractivity contribution in [2.45, 2.75) is 32.7 Å². The minimum absolute atomic E-state index is 0.0141. The summed E-state index contributed by atoms with van der Waals surface area (Å²) >= 11 is 3.51. The van der Waals surface area contributed by atoms with Crippen LogP contribution in [0.5, 0.6) is 0 Å². The van der Waals surface area contributed by atoms with Crippen molar-refractivity contribution in [2.24, 2.45) is 5.92 Å². The molecule has 100 valence electrons. The Hall–Kier alpha value is -0.840. The second kappa shape index (κ2) is 5.03. The van der Waals surface area contributed by atoms with E-state index in [1.54, 1.807) is 17.0 Å². The largest absolute Gasteiger partial charge is 0.352 e. The highest BCUT2D eigenvalue weighted by atomic mass is 79.9. The zero-order valence-corrected chi connectivity index (χ0v) is 12.8. The van der Waals surface area contributed by atoms with Gasteiger partial charge >= 0.3 is 0 Å². The van der Waals surface area contributed by atoms with Gasteiger partial charge in [-0.2, -0.15) is 0 Å². The molecule has 0 amide bonds. The van der Waals surface area contributed by atoms with Crippen LogP contribution in [0.3, 0.4) is 0 Å². The SMILES string of the molecule is CC(C)(C)n1ccnc(N2CCC(CBr)C2)c1=O. The van der Waals surface area contributed by atoms with E-state index in [9.17, 15) is 4.79 Å². The van der Waals surface area contributed by atoms with Crippen LogP contribution in [-0.4, -0.2) is 28.0 Å². The Kier molecular flexibility index (Phi) is 3.80. The Bertz CT molecular complexity index is 478. The normalized spacial score (nSPS) is 20.4. The van der Waals surface area contributed by atoms with Gasteiger partial charge in [-0.1, -0.05) is 15.9 Å². The number of aromatic nitrogens is 2. The van der Waals surface area contributed by atoms with Gasteiger partial charge < -0.3 is 9.47 Å². The number of alkyl halides is 1. The first-order chi connectivity index (χ1) is 8.43. The molecule has 1 aliphatic heterocycles. The molecule has 0 aromatic carbocycles. The van der Waals surface area contributed by atoms with Crippen molar-refractivity contribution >= 4 is 21.7 Å². The maximum Gasteiger partial charge on any atom is 0.293 e. The summed E-state index contributed by atoms with van der Waals surface area (Å²) in [6.07, 6.45) is 4.62. The van der Waals surface area contributed by atoms with E-state index in [2.05, 4.69) is 25.8 Å². The van der Waals surface area contributed by atoms with Gasteiger partial charge in [0.15, 0.2) is 5.82 Å². The third-order valence-electron chi connectivity index (χ3n) is 3.35. The van der Waals surface area contributed by atoms with Crippen LogP contribution in [0.25, 0.3) is 0 Å². The average Bonchev–Trinajstić information content (AvgIpc) is 2.76. The molecule has 0 radical (unpaired) electrons. The smallest absolute Gasteiger partial charge is 0.293 e. The van der Waals surface area contributed by atoms with Gasteiger partial charge in [-0.25, -0.2) is 4.98 Å². The summed E-state index contributed by atoms with van der Waals surface area (Å²) in [6.45, 7) is 7.94. The summed E-state index contributed by atoms with van der Waals surface area (Å²) in [5, 5.41) is 0.990. The molecule has 2 rings (SSSR count). The van der Waals surface area contributed by atoms with Gasteiger partial charge in [0.1, 0.15) is 0 Å². The molecule has 1 atom stereocenters. The van der Waals surface area contributed by atoms with Crippen LogP contribution < -0.4 is 10.5 Å². The standard InChI is InChI=1S/C13H20BrN3O/c1-13(2,3)17-7-5-15-11(12(17)18)16-6-4-10(8-14)9-16/h5,7,10H,4,6,8-9H2,1-3H3. The summed E-state index contributed by atoms with van der Waals surface area (Å²) in [6, 6.07) is 0. The zero-order valence-electron chi connectivity index (χ0n) is 11.2. The molecule has 0 N–H and O–H groups in total. The van der Waals surface area contributed by atoms with Crippen LogP contribution in [0.15, 0.2) is 17.2 Å². The molecule has 2 heterocycles. The molecule has 1 fully saturated rings. The lowest BCUT2D eigenvalue weighted by atomic mass is 10.1. The number of nitrogens with zero attached hydrogens (tertiary/aromatic N) is 3. The molecule has 1 aliphatic rings. The third kappa shape index (κ3) is 2.60. The second-order valence-electron chi connectivity index (χ2n) is 5.85. The Morgan fingerprint density at radius 3 is 2.78 bits per heavy atom. The van der Waals surface area contributed by atoms with E-state index in [0.29, 0.717) is 11.7 Å². The maximum absolute atomic E-state index is 12.4.